The number of ether oxygens (including phenoxy) is 1. The van der Waals surface area contributed by atoms with E-state index in [1.165, 1.54) is 0 Å². The van der Waals surface area contributed by atoms with Gasteiger partial charge in [-0.25, -0.2) is 4.79 Å². The molecule has 1 aliphatic carbocycles. The normalized spacial score (nSPS) is 28.7. The summed E-state index contributed by atoms with van der Waals surface area (Å²) in [7, 11) is 0. The smallest absolute Gasteiger partial charge is 0.336 e. The van der Waals surface area contributed by atoms with Crippen molar-refractivity contribution in [1.82, 2.24) is 0 Å². The summed E-state index contributed by atoms with van der Waals surface area (Å²) < 4.78 is 5.50. The minimum Gasteiger partial charge on any atom is -0.479 e. The Morgan fingerprint density at radius 3 is 2.60 bits per heavy atom. The van der Waals surface area contributed by atoms with Crippen LogP contribution in [0.5, 0.6) is 0 Å². The SMILES string of the molecule is CC1CC1(OCc1ccccc1)C(=O)O. The number of rotatable bonds is 4. The highest BCUT2D eigenvalue weighted by molar-refractivity contribution is 5.81. The monoisotopic (exact) mass is 206 g/mol. The second kappa shape index (κ2) is 3.66. The number of carbonyl (C=O) groups is 1. The first-order valence-corrected chi connectivity index (χ1v) is 5.06. The van der Waals surface area contributed by atoms with Gasteiger partial charge in [0.2, 0.25) is 0 Å². The summed E-state index contributed by atoms with van der Waals surface area (Å²) in [5.74, 6) is -0.718. The summed E-state index contributed by atoms with van der Waals surface area (Å²) in [6.45, 7) is 2.27. The minimum atomic E-state index is -0.921. The molecule has 1 saturated carbocycles. The number of benzene rings is 1. The number of hydrogen-bond acceptors (Lipinski definition) is 2. The number of aliphatic carboxylic acids is 1. The van der Waals surface area contributed by atoms with Crippen molar-refractivity contribution in [2.24, 2.45) is 5.92 Å². The van der Waals surface area contributed by atoms with Crippen molar-refractivity contribution in [2.75, 3.05) is 0 Å². The van der Waals surface area contributed by atoms with Gasteiger partial charge in [-0.1, -0.05) is 37.3 Å². The Balaban J connectivity index is 1.97. The highest BCUT2D eigenvalue weighted by Crippen LogP contribution is 2.47. The van der Waals surface area contributed by atoms with E-state index in [0.717, 1.165) is 5.56 Å². The van der Waals surface area contributed by atoms with Crippen LogP contribution in [-0.2, 0) is 16.1 Å². The van der Waals surface area contributed by atoms with Gasteiger partial charge in [0.25, 0.3) is 0 Å². The molecule has 3 nitrogen and oxygen atoms in total. The van der Waals surface area contributed by atoms with Crippen molar-refractivity contribution in [3.63, 3.8) is 0 Å². The Morgan fingerprint density at radius 1 is 1.53 bits per heavy atom. The maximum Gasteiger partial charge on any atom is 0.336 e. The Bertz CT molecular complexity index is 360. The van der Waals surface area contributed by atoms with Crippen LogP contribution in [0.2, 0.25) is 0 Å². The van der Waals surface area contributed by atoms with E-state index in [9.17, 15) is 4.79 Å². The fourth-order valence-electron chi connectivity index (χ4n) is 1.74. The van der Waals surface area contributed by atoms with Crippen LogP contribution in [0.1, 0.15) is 18.9 Å². The highest BCUT2D eigenvalue weighted by atomic mass is 16.5. The van der Waals surface area contributed by atoms with E-state index in [-0.39, 0.29) is 5.92 Å². The predicted octanol–water partition coefficient (Wildman–Crippen LogP) is 2.07. The summed E-state index contributed by atoms with van der Waals surface area (Å²) in [5, 5.41) is 9.03. The zero-order valence-electron chi connectivity index (χ0n) is 8.64. The fraction of sp³-hybridized carbons (Fsp3) is 0.417. The zero-order valence-corrected chi connectivity index (χ0v) is 8.64. The van der Waals surface area contributed by atoms with Crippen molar-refractivity contribution >= 4 is 5.97 Å². The summed E-state index contributed by atoms with van der Waals surface area (Å²) >= 11 is 0. The van der Waals surface area contributed by atoms with E-state index in [4.69, 9.17) is 9.84 Å². The number of carboxylic acids is 1. The highest BCUT2D eigenvalue weighted by Gasteiger charge is 2.59. The molecule has 0 aliphatic heterocycles. The first-order valence-electron chi connectivity index (χ1n) is 5.06. The molecule has 1 aliphatic rings. The fourth-order valence-corrected chi connectivity index (χ4v) is 1.74. The first-order chi connectivity index (χ1) is 7.15. The Hall–Kier alpha value is -1.35. The second-order valence-electron chi connectivity index (χ2n) is 4.07. The molecule has 1 aromatic carbocycles. The number of hydrogen-bond donors (Lipinski definition) is 1. The minimum absolute atomic E-state index is 0.124. The molecule has 0 saturated heterocycles. The third kappa shape index (κ3) is 1.88. The molecule has 2 atom stereocenters. The lowest BCUT2D eigenvalue weighted by molar-refractivity contribution is -0.155. The molecule has 0 radical (unpaired) electrons. The maximum absolute atomic E-state index is 11.0. The Kier molecular flexibility index (Phi) is 2.49. The molecule has 0 bridgehead atoms. The molecule has 15 heavy (non-hydrogen) atoms. The largest absolute Gasteiger partial charge is 0.479 e. The van der Waals surface area contributed by atoms with Gasteiger partial charge in [0, 0.05) is 0 Å². The van der Waals surface area contributed by atoms with Gasteiger partial charge in [-0.15, -0.1) is 0 Å². The lowest BCUT2D eigenvalue weighted by Gasteiger charge is -2.12. The van der Waals surface area contributed by atoms with Crippen LogP contribution in [0.25, 0.3) is 0 Å². The van der Waals surface area contributed by atoms with Gasteiger partial charge in [0.05, 0.1) is 6.61 Å². The average molecular weight is 206 g/mol. The van der Waals surface area contributed by atoms with Gasteiger partial charge in [-0.2, -0.15) is 0 Å². The van der Waals surface area contributed by atoms with E-state index < -0.39 is 11.6 Å². The van der Waals surface area contributed by atoms with Crippen LogP contribution in [0.4, 0.5) is 0 Å². The molecule has 1 aromatic rings. The molecule has 1 fully saturated rings. The van der Waals surface area contributed by atoms with Gasteiger partial charge >= 0.3 is 5.97 Å². The second-order valence-corrected chi connectivity index (χ2v) is 4.07. The van der Waals surface area contributed by atoms with Crippen molar-refractivity contribution in [1.29, 1.82) is 0 Å². The molecule has 0 heterocycles. The molecule has 0 aromatic heterocycles. The van der Waals surface area contributed by atoms with E-state index in [1.54, 1.807) is 0 Å². The summed E-state index contributed by atoms with van der Waals surface area (Å²) in [4.78, 5) is 11.0. The molecule has 0 amide bonds. The molecular weight excluding hydrogens is 192 g/mol. The average Bonchev–Trinajstić information content (AvgIpc) is 2.90. The quantitative estimate of drug-likeness (QED) is 0.820. The van der Waals surface area contributed by atoms with Crippen LogP contribution in [0, 0.1) is 5.92 Å². The Labute approximate surface area is 88.7 Å². The van der Waals surface area contributed by atoms with Crippen LogP contribution in [0.3, 0.4) is 0 Å². The van der Waals surface area contributed by atoms with Crippen molar-refractivity contribution in [3.05, 3.63) is 35.9 Å². The molecule has 2 unspecified atom stereocenters. The molecule has 0 spiro atoms. The van der Waals surface area contributed by atoms with Crippen LogP contribution < -0.4 is 0 Å². The van der Waals surface area contributed by atoms with Crippen LogP contribution >= 0.6 is 0 Å². The van der Waals surface area contributed by atoms with E-state index in [2.05, 4.69) is 0 Å². The zero-order chi connectivity index (χ0) is 10.9. The third-order valence-corrected chi connectivity index (χ3v) is 2.95. The molecule has 2 rings (SSSR count). The van der Waals surface area contributed by atoms with Crippen molar-refractivity contribution in [3.8, 4) is 0 Å². The van der Waals surface area contributed by atoms with E-state index in [0.29, 0.717) is 13.0 Å². The van der Waals surface area contributed by atoms with Gasteiger partial charge in [-0.05, 0) is 17.9 Å². The van der Waals surface area contributed by atoms with Gasteiger partial charge in [0.15, 0.2) is 5.60 Å². The van der Waals surface area contributed by atoms with Crippen LogP contribution in [-0.4, -0.2) is 16.7 Å². The first kappa shape index (κ1) is 10.2. The predicted molar refractivity (Wildman–Crippen MR) is 55.4 cm³/mol. The maximum atomic E-state index is 11.0. The molecule has 3 heteroatoms. The molecule has 1 N–H and O–H groups in total. The topological polar surface area (TPSA) is 46.5 Å². The van der Waals surface area contributed by atoms with Crippen molar-refractivity contribution < 1.29 is 14.6 Å². The summed E-state index contributed by atoms with van der Waals surface area (Å²) in [6.07, 6.45) is 0.620. The van der Waals surface area contributed by atoms with Gasteiger partial charge in [-0.3, -0.25) is 0 Å². The number of carboxylic acid groups (broad SMARTS) is 1. The van der Waals surface area contributed by atoms with Crippen molar-refractivity contribution in [2.45, 2.75) is 25.6 Å². The Morgan fingerprint density at radius 2 is 2.13 bits per heavy atom. The lowest BCUT2D eigenvalue weighted by Crippen LogP contribution is -2.27. The summed E-state index contributed by atoms with van der Waals surface area (Å²) in [6, 6.07) is 9.63. The molecular formula is C12H14O3. The van der Waals surface area contributed by atoms with Gasteiger partial charge in [0.1, 0.15) is 0 Å². The van der Waals surface area contributed by atoms with Crippen LogP contribution in [0.15, 0.2) is 30.3 Å². The van der Waals surface area contributed by atoms with E-state index >= 15 is 0 Å². The molecule has 80 valence electrons. The van der Waals surface area contributed by atoms with Gasteiger partial charge < -0.3 is 9.84 Å². The lowest BCUT2D eigenvalue weighted by atomic mass is 10.2. The summed E-state index contributed by atoms with van der Waals surface area (Å²) in [5.41, 5.74) is 0.0905. The van der Waals surface area contributed by atoms with E-state index in [1.807, 2.05) is 37.3 Å². The third-order valence-electron chi connectivity index (χ3n) is 2.95. The standard InChI is InChI=1S/C12H14O3/c1-9-7-12(9,11(13)14)15-8-10-5-3-2-4-6-10/h2-6,9H,7-8H2,1H3,(H,13,14).